The molecule has 1 saturated heterocycles. The summed E-state index contributed by atoms with van der Waals surface area (Å²) in [7, 11) is 1.37. The predicted octanol–water partition coefficient (Wildman–Crippen LogP) is 2.39. The van der Waals surface area contributed by atoms with Crippen LogP contribution in [0.4, 0.5) is 4.79 Å². The molecule has 1 amide bonds. The van der Waals surface area contributed by atoms with Gasteiger partial charge in [-0.25, -0.2) is 9.59 Å². The number of ether oxygens (including phenoxy) is 1. The van der Waals surface area contributed by atoms with E-state index in [0.29, 0.717) is 18.7 Å². The van der Waals surface area contributed by atoms with Crippen molar-refractivity contribution in [1.29, 1.82) is 0 Å². The fraction of sp³-hybridized carbons (Fsp3) is 0.500. The molecule has 0 aliphatic carbocycles. The standard InChI is InChI=1S/C12H15NO4S/c1-17-11(14)10-7-18-6-9(10)8-2-4-13(5-3-8)12(15)16/h6-8H,2-5H2,1H3,(H,15,16). The maximum atomic E-state index is 11.6. The quantitative estimate of drug-likeness (QED) is 0.837. The summed E-state index contributed by atoms with van der Waals surface area (Å²) in [5.74, 6) is -0.0622. The van der Waals surface area contributed by atoms with E-state index >= 15 is 0 Å². The predicted molar refractivity (Wildman–Crippen MR) is 67.2 cm³/mol. The topological polar surface area (TPSA) is 66.8 Å². The number of amides is 1. The lowest BCUT2D eigenvalue weighted by Crippen LogP contribution is -2.36. The first-order valence-electron chi connectivity index (χ1n) is 5.75. The minimum atomic E-state index is -0.869. The zero-order valence-electron chi connectivity index (χ0n) is 10.1. The molecular formula is C12H15NO4S. The van der Waals surface area contributed by atoms with E-state index < -0.39 is 6.09 Å². The first-order valence-corrected chi connectivity index (χ1v) is 6.70. The van der Waals surface area contributed by atoms with Gasteiger partial charge < -0.3 is 14.7 Å². The smallest absolute Gasteiger partial charge is 0.407 e. The Balaban J connectivity index is 2.08. The average Bonchev–Trinajstić information content (AvgIpc) is 2.87. The van der Waals surface area contributed by atoms with Gasteiger partial charge in [0.2, 0.25) is 0 Å². The lowest BCUT2D eigenvalue weighted by Gasteiger charge is -2.30. The van der Waals surface area contributed by atoms with Gasteiger partial charge in [-0.2, -0.15) is 11.3 Å². The third-order valence-electron chi connectivity index (χ3n) is 3.30. The summed E-state index contributed by atoms with van der Waals surface area (Å²) >= 11 is 1.48. The number of thiophene rings is 1. The van der Waals surface area contributed by atoms with E-state index in [-0.39, 0.29) is 11.9 Å². The van der Waals surface area contributed by atoms with Gasteiger partial charge >= 0.3 is 12.1 Å². The van der Waals surface area contributed by atoms with Gasteiger partial charge in [0, 0.05) is 18.5 Å². The van der Waals surface area contributed by atoms with Gasteiger partial charge in [-0.15, -0.1) is 0 Å². The second-order valence-electron chi connectivity index (χ2n) is 4.28. The molecule has 1 N–H and O–H groups in total. The Kier molecular flexibility index (Phi) is 3.86. The van der Waals surface area contributed by atoms with E-state index in [4.69, 9.17) is 9.84 Å². The normalized spacial score (nSPS) is 16.6. The number of hydrogen-bond acceptors (Lipinski definition) is 4. The lowest BCUT2D eigenvalue weighted by molar-refractivity contribution is 0.0598. The molecule has 2 rings (SSSR count). The first kappa shape index (κ1) is 12.9. The Bertz CT molecular complexity index is 449. The number of hydrogen-bond donors (Lipinski definition) is 1. The Morgan fingerprint density at radius 3 is 2.61 bits per heavy atom. The Hall–Kier alpha value is -1.56. The van der Waals surface area contributed by atoms with Gasteiger partial charge in [0.15, 0.2) is 0 Å². The van der Waals surface area contributed by atoms with Crippen LogP contribution in [0.3, 0.4) is 0 Å². The SMILES string of the molecule is COC(=O)c1cscc1C1CCN(C(=O)O)CC1. The van der Waals surface area contributed by atoms with Crippen molar-refractivity contribution in [3.63, 3.8) is 0 Å². The highest BCUT2D eigenvalue weighted by atomic mass is 32.1. The van der Waals surface area contributed by atoms with Gasteiger partial charge in [0.25, 0.3) is 0 Å². The summed E-state index contributed by atoms with van der Waals surface area (Å²) in [5.41, 5.74) is 1.62. The molecule has 1 aliphatic heterocycles. The van der Waals surface area contributed by atoms with E-state index in [2.05, 4.69) is 0 Å². The number of methoxy groups -OCH3 is 1. The molecular weight excluding hydrogens is 254 g/mol. The molecule has 1 aliphatic rings. The molecule has 18 heavy (non-hydrogen) atoms. The summed E-state index contributed by atoms with van der Waals surface area (Å²) in [6.45, 7) is 1.05. The van der Waals surface area contributed by atoms with Crippen molar-refractivity contribution in [2.45, 2.75) is 18.8 Å². The van der Waals surface area contributed by atoms with Crippen molar-refractivity contribution in [3.8, 4) is 0 Å². The van der Waals surface area contributed by atoms with Crippen molar-refractivity contribution in [2.24, 2.45) is 0 Å². The summed E-state index contributed by atoms with van der Waals surface area (Å²) < 4.78 is 4.75. The number of carbonyl (C=O) groups is 2. The first-order chi connectivity index (χ1) is 8.63. The molecule has 0 aromatic carbocycles. The largest absolute Gasteiger partial charge is 0.465 e. The van der Waals surface area contributed by atoms with Crippen LogP contribution in [0.2, 0.25) is 0 Å². The van der Waals surface area contributed by atoms with Crippen molar-refractivity contribution in [1.82, 2.24) is 4.90 Å². The Morgan fingerprint density at radius 2 is 2.06 bits per heavy atom. The van der Waals surface area contributed by atoms with E-state index in [1.54, 1.807) is 5.38 Å². The highest BCUT2D eigenvalue weighted by Gasteiger charge is 2.27. The van der Waals surface area contributed by atoms with E-state index in [0.717, 1.165) is 18.4 Å². The summed E-state index contributed by atoms with van der Waals surface area (Å²) in [6.07, 6.45) is 0.645. The third kappa shape index (κ3) is 2.48. The second kappa shape index (κ2) is 5.39. The number of carbonyl (C=O) groups excluding carboxylic acids is 1. The molecule has 1 fully saturated rings. The van der Waals surface area contributed by atoms with Gasteiger partial charge in [-0.05, 0) is 29.7 Å². The molecule has 0 bridgehead atoms. The summed E-state index contributed by atoms with van der Waals surface area (Å²) in [4.78, 5) is 23.8. The molecule has 0 atom stereocenters. The highest BCUT2D eigenvalue weighted by molar-refractivity contribution is 7.08. The zero-order valence-corrected chi connectivity index (χ0v) is 10.9. The minimum absolute atomic E-state index is 0.251. The monoisotopic (exact) mass is 269 g/mol. The molecule has 1 aromatic heterocycles. The molecule has 0 saturated carbocycles. The average molecular weight is 269 g/mol. The van der Waals surface area contributed by atoms with Crippen molar-refractivity contribution >= 4 is 23.4 Å². The number of piperidine rings is 1. The Morgan fingerprint density at radius 1 is 1.39 bits per heavy atom. The molecule has 2 heterocycles. The van der Waals surface area contributed by atoms with Gasteiger partial charge in [-0.3, -0.25) is 0 Å². The van der Waals surface area contributed by atoms with Crippen molar-refractivity contribution in [2.75, 3.05) is 20.2 Å². The van der Waals surface area contributed by atoms with Crippen LogP contribution < -0.4 is 0 Å². The molecule has 98 valence electrons. The van der Waals surface area contributed by atoms with Crippen LogP contribution >= 0.6 is 11.3 Å². The minimum Gasteiger partial charge on any atom is -0.465 e. The van der Waals surface area contributed by atoms with Crippen LogP contribution in [0.15, 0.2) is 10.8 Å². The van der Waals surface area contributed by atoms with Crippen LogP contribution in [0.1, 0.15) is 34.7 Å². The van der Waals surface area contributed by atoms with Crippen LogP contribution in [0.5, 0.6) is 0 Å². The number of rotatable bonds is 2. The molecule has 5 nitrogen and oxygen atoms in total. The van der Waals surface area contributed by atoms with Gasteiger partial charge in [-0.1, -0.05) is 0 Å². The maximum Gasteiger partial charge on any atom is 0.407 e. The van der Waals surface area contributed by atoms with Crippen molar-refractivity contribution in [3.05, 3.63) is 21.9 Å². The van der Waals surface area contributed by atoms with Gasteiger partial charge in [0.05, 0.1) is 12.7 Å². The second-order valence-corrected chi connectivity index (χ2v) is 5.02. The van der Waals surface area contributed by atoms with Crippen LogP contribution in [-0.4, -0.2) is 42.3 Å². The highest BCUT2D eigenvalue weighted by Crippen LogP contribution is 2.32. The lowest BCUT2D eigenvalue weighted by atomic mass is 9.89. The number of likely N-dealkylation sites (tertiary alicyclic amines) is 1. The molecule has 6 heteroatoms. The molecule has 0 spiro atoms. The maximum absolute atomic E-state index is 11.6. The van der Waals surface area contributed by atoms with Crippen molar-refractivity contribution < 1.29 is 19.4 Å². The van der Waals surface area contributed by atoms with Gasteiger partial charge in [0.1, 0.15) is 0 Å². The summed E-state index contributed by atoms with van der Waals surface area (Å²) in [5, 5.41) is 12.7. The van der Waals surface area contributed by atoms with E-state index in [1.807, 2.05) is 5.38 Å². The van der Waals surface area contributed by atoms with Crippen LogP contribution in [0.25, 0.3) is 0 Å². The molecule has 0 unspecified atom stereocenters. The molecule has 0 radical (unpaired) electrons. The van der Waals surface area contributed by atoms with E-state index in [9.17, 15) is 9.59 Å². The summed E-state index contributed by atoms with van der Waals surface area (Å²) in [6, 6.07) is 0. The van der Waals surface area contributed by atoms with E-state index in [1.165, 1.54) is 23.3 Å². The van der Waals surface area contributed by atoms with Crippen LogP contribution in [0, 0.1) is 0 Å². The molecule has 1 aromatic rings. The van der Waals surface area contributed by atoms with Crippen LogP contribution in [-0.2, 0) is 4.74 Å². The third-order valence-corrected chi connectivity index (χ3v) is 4.06. The zero-order chi connectivity index (χ0) is 13.1. The number of carboxylic acid groups (broad SMARTS) is 1. The Labute approximate surface area is 109 Å². The number of esters is 1. The number of nitrogens with zero attached hydrogens (tertiary/aromatic N) is 1. The fourth-order valence-corrected chi connectivity index (χ4v) is 3.18. The fourth-order valence-electron chi connectivity index (χ4n) is 2.28.